The Labute approximate surface area is 114 Å². The third kappa shape index (κ3) is 16.1. The Balaban J connectivity index is 2.99. The van der Waals surface area contributed by atoms with Crippen LogP contribution in [-0.4, -0.2) is 23.9 Å². The summed E-state index contributed by atoms with van der Waals surface area (Å²) < 4.78 is 28.2. The molecule has 5 heteroatoms. The summed E-state index contributed by atoms with van der Waals surface area (Å²) >= 11 is 4.60. The zero-order chi connectivity index (χ0) is 13.7. The van der Waals surface area contributed by atoms with Crippen LogP contribution in [0, 0.1) is 0 Å². The monoisotopic (exact) mass is 286 g/mol. The fourth-order valence-electron chi connectivity index (χ4n) is 1.82. The lowest BCUT2D eigenvalue weighted by atomic mass is 10.1. The number of aliphatic hydroxyl groups excluding tert-OH is 1. The molecule has 1 N–H and O–H groups in total. The van der Waals surface area contributed by atoms with E-state index in [4.69, 9.17) is 5.11 Å². The van der Waals surface area contributed by atoms with E-state index in [2.05, 4.69) is 16.3 Å². The molecule has 0 aliphatic carbocycles. The van der Waals surface area contributed by atoms with Crippen LogP contribution in [0.5, 0.6) is 0 Å². The van der Waals surface area contributed by atoms with Crippen LogP contribution in [0.4, 0.5) is 8.78 Å². The summed E-state index contributed by atoms with van der Waals surface area (Å²) in [5.74, 6) is 0. The maximum absolute atomic E-state index is 12.1. The Bertz CT molecular complexity index is 175. The molecule has 0 saturated carbocycles. The van der Waals surface area contributed by atoms with Crippen molar-refractivity contribution in [2.45, 2.75) is 69.8 Å². The second-order valence-electron chi connectivity index (χ2n) is 4.55. The summed E-state index contributed by atoms with van der Waals surface area (Å²) in [5.41, 5.74) is -3.51. The Morgan fingerprint density at radius 1 is 0.778 bits per heavy atom. The van der Waals surface area contributed by atoms with Crippen LogP contribution in [0.2, 0.25) is 0 Å². The molecule has 0 atom stereocenters. The van der Waals surface area contributed by atoms with Gasteiger partial charge in [0.2, 0.25) is 0 Å². The Morgan fingerprint density at radius 3 is 1.56 bits per heavy atom. The van der Waals surface area contributed by atoms with E-state index >= 15 is 0 Å². The van der Waals surface area contributed by atoms with Crippen molar-refractivity contribution in [3.05, 3.63) is 0 Å². The van der Waals surface area contributed by atoms with Gasteiger partial charge < -0.3 is 9.84 Å². The highest BCUT2D eigenvalue weighted by molar-refractivity contribution is 6.20. The third-order valence-corrected chi connectivity index (χ3v) is 2.93. The number of halogens is 3. The van der Waals surface area contributed by atoms with Crippen molar-refractivity contribution >= 4 is 11.6 Å². The first-order valence-corrected chi connectivity index (χ1v) is 7.25. The molecule has 0 radical (unpaired) electrons. The van der Waals surface area contributed by atoms with Gasteiger partial charge in [0.15, 0.2) is 0 Å². The zero-order valence-electron chi connectivity index (χ0n) is 11.0. The van der Waals surface area contributed by atoms with Crippen molar-refractivity contribution in [1.82, 2.24) is 0 Å². The molecule has 0 saturated heterocycles. The second kappa shape index (κ2) is 12.1. The largest absolute Gasteiger partial charge is 0.440 e. The SMILES string of the molecule is OCCCCCCCCCCCCOC(F)(F)Cl. The molecule has 0 aromatic carbocycles. The predicted octanol–water partition coefficient (Wildman–Crippen LogP) is 4.69. The predicted molar refractivity (Wildman–Crippen MR) is 70.0 cm³/mol. The van der Waals surface area contributed by atoms with E-state index in [0.717, 1.165) is 32.1 Å². The first-order chi connectivity index (χ1) is 8.56. The Hall–Kier alpha value is 0.0700. The van der Waals surface area contributed by atoms with Crippen molar-refractivity contribution in [3.8, 4) is 0 Å². The van der Waals surface area contributed by atoms with Gasteiger partial charge >= 0.3 is 5.57 Å². The summed E-state index contributed by atoms with van der Waals surface area (Å²) in [6.45, 7) is 0.321. The van der Waals surface area contributed by atoms with Crippen LogP contribution in [0.15, 0.2) is 0 Å². The Morgan fingerprint density at radius 2 is 1.17 bits per heavy atom. The minimum atomic E-state index is -3.51. The zero-order valence-corrected chi connectivity index (χ0v) is 11.7. The average Bonchev–Trinajstić information content (AvgIpc) is 2.29. The maximum atomic E-state index is 12.1. The number of hydrogen-bond acceptors (Lipinski definition) is 2. The van der Waals surface area contributed by atoms with E-state index in [1.807, 2.05) is 0 Å². The molecule has 0 rings (SSSR count). The fraction of sp³-hybridized carbons (Fsp3) is 1.00. The fourth-order valence-corrected chi connectivity index (χ4v) is 1.89. The molecule has 0 aliphatic heterocycles. The molecule has 110 valence electrons. The van der Waals surface area contributed by atoms with Gasteiger partial charge in [-0.05, 0) is 24.4 Å². The molecular weight excluding hydrogens is 262 g/mol. The molecule has 0 amide bonds. The molecule has 0 heterocycles. The standard InChI is InChI=1S/C13H25ClF2O2/c14-13(15,16)18-12-10-8-6-4-2-1-3-5-7-9-11-17/h17H,1-12H2. The van der Waals surface area contributed by atoms with Gasteiger partial charge in [0.05, 0.1) is 6.61 Å². The van der Waals surface area contributed by atoms with Gasteiger partial charge in [-0.25, -0.2) is 0 Å². The maximum Gasteiger partial charge on any atom is 0.440 e. The quantitative estimate of drug-likeness (QED) is 0.393. The molecule has 2 nitrogen and oxygen atoms in total. The summed E-state index contributed by atoms with van der Waals surface area (Å²) in [4.78, 5) is 0. The van der Waals surface area contributed by atoms with Crippen molar-refractivity contribution in [3.63, 3.8) is 0 Å². The molecular formula is C13H25ClF2O2. The smallest absolute Gasteiger partial charge is 0.396 e. The highest BCUT2D eigenvalue weighted by Crippen LogP contribution is 2.20. The second-order valence-corrected chi connectivity index (χ2v) is 4.99. The van der Waals surface area contributed by atoms with Gasteiger partial charge in [-0.1, -0.05) is 51.4 Å². The van der Waals surface area contributed by atoms with Gasteiger partial charge in [0.25, 0.3) is 0 Å². The topological polar surface area (TPSA) is 29.5 Å². The summed E-state index contributed by atoms with van der Waals surface area (Å²) in [7, 11) is 0. The summed E-state index contributed by atoms with van der Waals surface area (Å²) in [6, 6.07) is 0. The minimum Gasteiger partial charge on any atom is -0.396 e. The lowest BCUT2D eigenvalue weighted by Crippen LogP contribution is -2.12. The van der Waals surface area contributed by atoms with Crippen molar-refractivity contribution in [2.75, 3.05) is 13.2 Å². The molecule has 0 aromatic heterocycles. The Kier molecular flexibility index (Phi) is 12.2. The van der Waals surface area contributed by atoms with E-state index in [0.29, 0.717) is 13.0 Å². The molecule has 0 spiro atoms. The molecule has 0 bridgehead atoms. The third-order valence-electron chi connectivity index (χ3n) is 2.82. The number of hydrogen-bond donors (Lipinski definition) is 1. The first-order valence-electron chi connectivity index (χ1n) is 6.88. The van der Waals surface area contributed by atoms with Gasteiger partial charge in [-0.15, -0.1) is 0 Å². The van der Waals surface area contributed by atoms with Gasteiger partial charge in [0, 0.05) is 6.61 Å². The molecule has 0 unspecified atom stereocenters. The van der Waals surface area contributed by atoms with Crippen LogP contribution >= 0.6 is 11.6 Å². The van der Waals surface area contributed by atoms with E-state index in [1.54, 1.807) is 0 Å². The molecule has 0 aliphatic rings. The van der Waals surface area contributed by atoms with Gasteiger partial charge in [0.1, 0.15) is 0 Å². The van der Waals surface area contributed by atoms with Gasteiger partial charge in [-0.2, -0.15) is 8.78 Å². The van der Waals surface area contributed by atoms with Crippen LogP contribution in [-0.2, 0) is 4.74 Å². The van der Waals surface area contributed by atoms with Crippen molar-refractivity contribution < 1.29 is 18.6 Å². The van der Waals surface area contributed by atoms with E-state index in [-0.39, 0.29) is 6.61 Å². The molecule has 18 heavy (non-hydrogen) atoms. The number of ether oxygens (including phenoxy) is 1. The van der Waals surface area contributed by atoms with Crippen LogP contribution in [0.1, 0.15) is 64.2 Å². The lowest BCUT2D eigenvalue weighted by Gasteiger charge is -2.08. The number of aliphatic hydroxyl groups is 1. The summed E-state index contributed by atoms with van der Waals surface area (Å²) in [5, 5.41) is 8.59. The lowest BCUT2D eigenvalue weighted by molar-refractivity contribution is -0.170. The van der Waals surface area contributed by atoms with E-state index < -0.39 is 5.57 Å². The van der Waals surface area contributed by atoms with E-state index in [9.17, 15) is 8.78 Å². The number of rotatable bonds is 13. The van der Waals surface area contributed by atoms with Crippen molar-refractivity contribution in [2.24, 2.45) is 0 Å². The summed E-state index contributed by atoms with van der Waals surface area (Å²) in [6.07, 6.45) is 10.6. The first kappa shape index (κ1) is 18.1. The number of unbranched alkanes of at least 4 members (excludes halogenated alkanes) is 9. The average molecular weight is 287 g/mol. The van der Waals surface area contributed by atoms with Crippen LogP contribution in [0.3, 0.4) is 0 Å². The highest BCUT2D eigenvalue weighted by Gasteiger charge is 2.24. The van der Waals surface area contributed by atoms with Crippen molar-refractivity contribution in [1.29, 1.82) is 0 Å². The van der Waals surface area contributed by atoms with Crippen LogP contribution in [0.25, 0.3) is 0 Å². The van der Waals surface area contributed by atoms with Crippen LogP contribution < -0.4 is 0 Å². The number of alkyl halides is 3. The normalized spacial score (nSPS) is 12.0. The minimum absolute atomic E-state index is 0.0255. The highest BCUT2D eigenvalue weighted by atomic mass is 35.5. The van der Waals surface area contributed by atoms with E-state index in [1.165, 1.54) is 25.7 Å². The van der Waals surface area contributed by atoms with Gasteiger partial charge in [-0.3, -0.25) is 0 Å². The molecule has 0 aromatic rings. The molecule has 0 fully saturated rings.